The maximum Gasteiger partial charge on any atom is 0.471 e. The summed E-state index contributed by atoms with van der Waals surface area (Å²) in [5.74, 6) is -1.51. The van der Waals surface area contributed by atoms with E-state index in [1.807, 2.05) is 0 Å². The van der Waals surface area contributed by atoms with Crippen LogP contribution in [0.4, 0.5) is 24.5 Å². The molecule has 26 heavy (non-hydrogen) atoms. The van der Waals surface area contributed by atoms with Gasteiger partial charge < -0.3 is 21.1 Å². The van der Waals surface area contributed by atoms with E-state index >= 15 is 0 Å². The number of hydrogen-bond acceptors (Lipinski definition) is 4. The molecule has 1 amide bonds. The highest BCUT2D eigenvalue weighted by Crippen LogP contribution is 2.27. The third-order valence-corrected chi connectivity index (χ3v) is 3.68. The molecule has 0 aliphatic rings. The number of anilines is 2. The van der Waals surface area contributed by atoms with Crippen LogP contribution in [0.5, 0.6) is 5.75 Å². The summed E-state index contributed by atoms with van der Waals surface area (Å²) < 4.78 is 43.9. The predicted octanol–water partition coefficient (Wildman–Crippen LogP) is 3.21. The fourth-order valence-corrected chi connectivity index (χ4v) is 2.36. The van der Waals surface area contributed by atoms with Gasteiger partial charge in [0, 0.05) is 13.1 Å². The molecule has 0 aromatic heterocycles. The second-order valence-electron chi connectivity index (χ2n) is 5.67. The third kappa shape index (κ3) is 5.30. The Bertz CT molecular complexity index is 736. The summed E-state index contributed by atoms with van der Waals surface area (Å²) in [4.78, 5) is 12.4. The van der Waals surface area contributed by atoms with Gasteiger partial charge in [-0.1, -0.05) is 36.4 Å². The summed E-state index contributed by atoms with van der Waals surface area (Å²) in [5, 5.41) is 0. The van der Waals surface area contributed by atoms with Crippen molar-refractivity contribution in [2.75, 3.05) is 24.6 Å². The molecule has 2 aromatic rings. The van der Waals surface area contributed by atoms with Crippen LogP contribution in [0, 0.1) is 0 Å². The lowest BCUT2D eigenvalue weighted by atomic mass is 10.2. The first-order valence-electron chi connectivity index (χ1n) is 7.96. The normalized spacial score (nSPS) is 11.2. The van der Waals surface area contributed by atoms with E-state index in [9.17, 15) is 18.0 Å². The van der Waals surface area contributed by atoms with Crippen LogP contribution in [0.15, 0.2) is 48.5 Å². The number of benzene rings is 2. The van der Waals surface area contributed by atoms with Crippen molar-refractivity contribution in [1.82, 2.24) is 4.90 Å². The zero-order valence-corrected chi connectivity index (χ0v) is 14.0. The van der Waals surface area contributed by atoms with Crippen LogP contribution in [0.2, 0.25) is 0 Å². The van der Waals surface area contributed by atoms with E-state index in [-0.39, 0.29) is 31.8 Å². The molecule has 2 rings (SSSR count). The maximum absolute atomic E-state index is 12.8. The maximum atomic E-state index is 12.8. The van der Waals surface area contributed by atoms with E-state index in [4.69, 9.17) is 16.2 Å². The number of carbonyl (C=O) groups is 1. The Balaban J connectivity index is 1.96. The van der Waals surface area contributed by atoms with Crippen molar-refractivity contribution in [2.24, 2.45) is 0 Å². The Kier molecular flexibility index (Phi) is 6.32. The Hall–Kier alpha value is -2.90. The van der Waals surface area contributed by atoms with Gasteiger partial charge in [0.05, 0.1) is 18.0 Å². The summed E-state index contributed by atoms with van der Waals surface area (Å²) in [7, 11) is 0. The molecule has 0 fully saturated rings. The van der Waals surface area contributed by atoms with Crippen molar-refractivity contribution in [3.63, 3.8) is 0 Å². The van der Waals surface area contributed by atoms with Crippen LogP contribution in [0.3, 0.4) is 0 Å². The van der Waals surface area contributed by atoms with Gasteiger partial charge in [0.2, 0.25) is 0 Å². The highest BCUT2D eigenvalue weighted by atomic mass is 19.4. The zero-order chi connectivity index (χ0) is 19.2. The monoisotopic (exact) mass is 367 g/mol. The number of halogens is 3. The van der Waals surface area contributed by atoms with Gasteiger partial charge in [-0.15, -0.1) is 0 Å². The third-order valence-electron chi connectivity index (χ3n) is 3.68. The average Bonchev–Trinajstić information content (AvgIpc) is 2.60. The van der Waals surface area contributed by atoms with Crippen LogP contribution in [0.25, 0.3) is 0 Å². The van der Waals surface area contributed by atoms with Gasteiger partial charge in [-0.05, 0) is 24.1 Å². The van der Waals surface area contributed by atoms with Gasteiger partial charge in [0.1, 0.15) is 5.75 Å². The van der Waals surface area contributed by atoms with Crippen molar-refractivity contribution in [1.29, 1.82) is 0 Å². The molecular weight excluding hydrogens is 347 g/mol. The van der Waals surface area contributed by atoms with E-state index in [1.165, 1.54) is 0 Å². The van der Waals surface area contributed by atoms with E-state index in [2.05, 4.69) is 0 Å². The number of hydrogen-bond donors (Lipinski definition) is 2. The van der Waals surface area contributed by atoms with Gasteiger partial charge in [-0.3, -0.25) is 4.79 Å². The molecule has 0 heterocycles. The number of alkyl halides is 3. The molecule has 8 heteroatoms. The van der Waals surface area contributed by atoms with Crippen molar-refractivity contribution in [3.05, 3.63) is 54.1 Å². The van der Waals surface area contributed by atoms with Gasteiger partial charge in [-0.25, -0.2) is 0 Å². The van der Waals surface area contributed by atoms with E-state index in [1.54, 1.807) is 48.5 Å². The summed E-state index contributed by atoms with van der Waals surface area (Å²) in [6.07, 6.45) is -4.71. The van der Waals surface area contributed by atoms with E-state index in [0.29, 0.717) is 17.0 Å². The highest BCUT2D eigenvalue weighted by molar-refractivity contribution is 5.81. The fourth-order valence-electron chi connectivity index (χ4n) is 2.36. The molecule has 0 spiro atoms. The molecule has 0 atom stereocenters. The van der Waals surface area contributed by atoms with Gasteiger partial charge in [0.25, 0.3) is 0 Å². The van der Waals surface area contributed by atoms with Gasteiger partial charge >= 0.3 is 12.1 Å². The Morgan fingerprint density at radius 3 is 2.38 bits per heavy atom. The molecule has 4 N–H and O–H groups in total. The minimum Gasteiger partial charge on any atom is -0.491 e. The second kappa shape index (κ2) is 8.46. The average molecular weight is 367 g/mol. The van der Waals surface area contributed by atoms with Crippen molar-refractivity contribution in [2.45, 2.75) is 19.1 Å². The molecule has 0 radical (unpaired) electrons. The number of nitrogens with two attached hydrogens (primary N) is 2. The highest BCUT2D eigenvalue weighted by Gasteiger charge is 2.42. The zero-order valence-electron chi connectivity index (χ0n) is 14.0. The van der Waals surface area contributed by atoms with Crippen molar-refractivity contribution < 1.29 is 22.7 Å². The molecule has 140 valence electrons. The summed E-state index contributed by atoms with van der Waals surface area (Å²) in [5.41, 5.74) is 12.7. The molecule has 2 aromatic carbocycles. The van der Waals surface area contributed by atoms with Crippen molar-refractivity contribution in [3.8, 4) is 5.75 Å². The molecule has 0 bridgehead atoms. The minimum absolute atomic E-state index is 0.101. The summed E-state index contributed by atoms with van der Waals surface area (Å²) in [6, 6.07) is 13.4. The topological polar surface area (TPSA) is 81.6 Å². The number of rotatable bonds is 7. The van der Waals surface area contributed by atoms with Crippen LogP contribution in [-0.2, 0) is 11.3 Å². The molecule has 0 aliphatic heterocycles. The molecule has 0 saturated carbocycles. The van der Waals surface area contributed by atoms with Crippen LogP contribution in [0.1, 0.15) is 12.0 Å². The number of ether oxygens (including phenoxy) is 1. The number of carbonyl (C=O) groups excluding carboxylic acids is 1. The fraction of sp³-hybridized carbons (Fsp3) is 0.278. The smallest absolute Gasteiger partial charge is 0.471 e. The molecule has 0 aliphatic carbocycles. The van der Waals surface area contributed by atoms with Crippen LogP contribution < -0.4 is 16.2 Å². The van der Waals surface area contributed by atoms with Gasteiger partial charge in [0.15, 0.2) is 0 Å². The Labute approximate surface area is 149 Å². The molecule has 0 unspecified atom stereocenters. The minimum atomic E-state index is -4.92. The summed E-state index contributed by atoms with van der Waals surface area (Å²) in [6.45, 7) is -0.126. The molecular formula is C18H20F3N3O2. The first-order chi connectivity index (χ1) is 12.3. The molecule has 5 nitrogen and oxygen atoms in total. The number of amides is 1. The van der Waals surface area contributed by atoms with Crippen LogP contribution >= 0.6 is 0 Å². The summed E-state index contributed by atoms with van der Waals surface area (Å²) >= 11 is 0. The number of nitrogens with zero attached hydrogens (tertiary/aromatic N) is 1. The Morgan fingerprint density at radius 1 is 1.04 bits per heavy atom. The first kappa shape index (κ1) is 19.4. The van der Waals surface area contributed by atoms with Crippen molar-refractivity contribution >= 4 is 17.3 Å². The molecule has 0 saturated heterocycles. The van der Waals surface area contributed by atoms with Gasteiger partial charge in [-0.2, -0.15) is 13.2 Å². The quantitative estimate of drug-likeness (QED) is 0.582. The standard InChI is InChI=1S/C18H20F3N3O2/c19-18(20,21)17(25)24(12-13-6-2-1-3-7-13)10-5-11-26-15-9-4-8-14(22)16(15)23/h1-4,6-9H,5,10-12,22-23H2. The number of para-hydroxylation sites is 1. The lowest BCUT2D eigenvalue weighted by molar-refractivity contribution is -0.186. The van der Waals surface area contributed by atoms with Crippen LogP contribution in [-0.4, -0.2) is 30.1 Å². The predicted molar refractivity (Wildman–Crippen MR) is 93.3 cm³/mol. The Morgan fingerprint density at radius 2 is 1.73 bits per heavy atom. The van der Waals surface area contributed by atoms with E-state index < -0.39 is 12.1 Å². The second-order valence-corrected chi connectivity index (χ2v) is 5.67. The lowest BCUT2D eigenvalue weighted by Crippen LogP contribution is -2.41. The SMILES string of the molecule is Nc1cccc(OCCCN(Cc2ccccc2)C(=O)C(F)(F)F)c1N. The van der Waals surface area contributed by atoms with E-state index in [0.717, 1.165) is 4.90 Å². The lowest BCUT2D eigenvalue weighted by Gasteiger charge is -2.24. The largest absolute Gasteiger partial charge is 0.491 e. The number of nitrogen functional groups attached to an aromatic ring is 2. The first-order valence-corrected chi connectivity index (χ1v) is 7.96.